The monoisotopic (exact) mass is 1040 g/mol. The van der Waals surface area contributed by atoms with Crippen LogP contribution in [0.2, 0.25) is 0 Å². The number of hydrogen-bond donors (Lipinski definition) is 2. The molecule has 0 heterocycles. The summed E-state index contributed by atoms with van der Waals surface area (Å²) in [6, 6.07) is 0. The summed E-state index contributed by atoms with van der Waals surface area (Å²) in [5.74, 6) is -0.813. The topological polar surface area (TPSA) is 134 Å². The zero-order chi connectivity index (χ0) is 52.4. The fourth-order valence-electron chi connectivity index (χ4n) is 9.69. The van der Waals surface area contributed by atoms with Gasteiger partial charge in [0, 0.05) is 19.4 Å². The van der Waals surface area contributed by atoms with Gasteiger partial charge < -0.3 is 20.1 Å². The molecule has 2 unspecified atom stereocenters. The van der Waals surface area contributed by atoms with Crippen molar-refractivity contribution in [1.82, 2.24) is 0 Å². The lowest BCUT2D eigenvalue weighted by Gasteiger charge is -2.19. The zero-order valence-electron chi connectivity index (χ0n) is 48.0. The fourth-order valence-corrected chi connectivity index (χ4v) is 10.5. The summed E-state index contributed by atoms with van der Waals surface area (Å²) in [5, 5.41) is 0. The van der Waals surface area contributed by atoms with E-state index in [9.17, 15) is 19.0 Å². The van der Waals surface area contributed by atoms with Gasteiger partial charge in [0.1, 0.15) is 6.61 Å². The minimum absolute atomic E-state index is 0.0560. The molecule has 0 aliphatic heterocycles. The largest absolute Gasteiger partial charge is 0.472 e. The van der Waals surface area contributed by atoms with Gasteiger partial charge >= 0.3 is 19.8 Å². The van der Waals surface area contributed by atoms with Crippen molar-refractivity contribution in [3.8, 4) is 0 Å². The highest BCUT2D eigenvalue weighted by Gasteiger charge is 2.26. The van der Waals surface area contributed by atoms with Crippen LogP contribution < -0.4 is 5.73 Å². The third kappa shape index (κ3) is 58.0. The third-order valence-electron chi connectivity index (χ3n) is 14.4. The SMILES string of the molecule is CCCCCCCC/C=C\CCCCCCCCCC(=O)OC(COC(=O)CCCCCCCCCCCCCCCCCCCCCCCCCCCCCCCCCCCC)COP(=O)(O)OCCN. The molecule has 0 aromatic heterocycles. The van der Waals surface area contributed by atoms with Crippen LogP contribution in [-0.4, -0.2) is 49.3 Å². The molecule has 9 nitrogen and oxygen atoms in total. The van der Waals surface area contributed by atoms with Crippen LogP contribution in [-0.2, 0) is 32.7 Å². The third-order valence-corrected chi connectivity index (χ3v) is 15.4. The van der Waals surface area contributed by atoms with Crippen LogP contribution in [0.25, 0.3) is 0 Å². The molecule has 0 aromatic rings. The molecule has 10 heteroatoms. The first-order valence-electron chi connectivity index (χ1n) is 31.7. The summed E-state index contributed by atoms with van der Waals surface area (Å²) in [6.07, 6.45) is 68.8. The smallest absolute Gasteiger partial charge is 0.462 e. The number of phosphoric acid groups is 1. The van der Waals surface area contributed by atoms with Crippen LogP contribution in [0.5, 0.6) is 0 Å². The molecule has 0 amide bonds. The van der Waals surface area contributed by atoms with Gasteiger partial charge in [-0.25, -0.2) is 4.57 Å². The Hall–Kier alpha value is -1.25. The quantitative estimate of drug-likeness (QED) is 0.0264. The average Bonchev–Trinajstić information content (AvgIpc) is 3.37. The van der Waals surface area contributed by atoms with Gasteiger partial charge in [-0.05, 0) is 38.5 Å². The van der Waals surface area contributed by atoms with Crippen molar-refractivity contribution in [2.75, 3.05) is 26.4 Å². The van der Waals surface area contributed by atoms with E-state index in [4.69, 9.17) is 24.3 Å². The molecule has 0 saturated heterocycles. The lowest BCUT2D eigenvalue weighted by atomic mass is 10.0. The van der Waals surface area contributed by atoms with E-state index >= 15 is 0 Å². The minimum atomic E-state index is -4.38. The van der Waals surface area contributed by atoms with Crippen molar-refractivity contribution in [2.24, 2.45) is 5.73 Å². The van der Waals surface area contributed by atoms with Crippen LogP contribution in [0.1, 0.15) is 341 Å². The molecule has 428 valence electrons. The highest BCUT2D eigenvalue weighted by atomic mass is 31.2. The first kappa shape index (κ1) is 70.8. The summed E-state index contributed by atoms with van der Waals surface area (Å²) in [5.41, 5.74) is 5.38. The number of allylic oxidation sites excluding steroid dienone is 2. The minimum Gasteiger partial charge on any atom is -0.462 e. The summed E-state index contributed by atoms with van der Waals surface area (Å²) >= 11 is 0. The van der Waals surface area contributed by atoms with Crippen molar-refractivity contribution in [1.29, 1.82) is 0 Å². The molecule has 0 aliphatic carbocycles. The van der Waals surface area contributed by atoms with E-state index in [-0.39, 0.29) is 38.6 Å². The Labute approximate surface area is 447 Å². The Morgan fingerprint density at radius 1 is 0.403 bits per heavy atom. The van der Waals surface area contributed by atoms with Crippen LogP contribution in [0, 0.1) is 0 Å². The average molecular weight is 1040 g/mol. The Morgan fingerprint density at radius 2 is 0.681 bits per heavy atom. The van der Waals surface area contributed by atoms with Gasteiger partial charge in [-0.15, -0.1) is 0 Å². The van der Waals surface area contributed by atoms with Crippen LogP contribution >= 0.6 is 7.82 Å². The molecule has 0 rings (SSSR count). The lowest BCUT2D eigenvalue weighted by Crippen LogP contribution is -2.29. The molecule has 0 aromatic carbocycles. The van der Waals surface area contributed by atoms with E-state index in [1.807, 2.05) is 0 Å². The molecule has 0 bridgehead atoms. The van der Waals surface area contributed by atoms with Crippen LogP contribution in [0.4, 0.5) is 0 Å². The molecule has 0 spiro atoms. The second-order valence-corrected chi connectivity index (χ2v) is 23.1. The molecule has 0 saturated carbocycles. The Bertz CT molecular complexity index is 1190. The molecule has 0 radical (unpaired) electrons. The zero-order valence-corrected chi connectivity index (χ0v) is 48.8. The maximum atomic E-state index is 12.7. The first-order valence-corrected chi connectivity index (χ1v) is 33.2. The number of esters is 2. The Balaban J connectivity index is 3.78. The number of hydrogen-bond acceptors (Lipinski definition) is 8. The van der Waals surface area contributed by atoms with Crippen molar-refractivity contribution in [2.45, 2.75) is 347 Å². The number of rotatable bonds is 61. The highest BCUT2D eigenvalue weighted by Crippen LogP contribution is 2.43. The van der Waals surface area contributed by atoms with Gasteiger partial charge in [0.2, 0.25) is 0 Å². The summed E-state index contributed by atoms with van der Waals surface area (Å²) < 4.78 is 33.0. The Morgan fingerprint density at radius 3 is 0.986 bits per heavy atom. The maximum Gasteiger partial charge on any atom is 0.472 e. The molecule has 0 aliphatic rings. The predicted octanol–water partition coefficient (Wildman–Crippen LogP) is 20.0. The van der Waals surface area contributed by atoms with Gasteiger partial charge in [-0.1, -0.05) is 302 Å². The molecule has 2 atom stereocenters. The molecule has 72 heavy (non-hydrogen) atoms. The highest BCUT2D eigenvalue weighted by molar-refractivity contribution is 7.47. The van der Waals surface area contributed by atoms with Crippen molar-refractivity contribution >= 4 is 19.8 Å². The van der Waals surface area contributed by atoms with Gasteiger partial charge in [-0.2, -0.15) is 0 Å². The lowest BCUT2D eigenvalue weighted by molar-refractivity contribution is -0.161. The normalized spacial score (nSPS) is 13.0. The van der Waals surface area contributed by atoms with E-state index in [2.05, 4.69) is 26.0 Å². The number of unbranched alkanes of at least 4 members (excludes halogenated alkanes) is 46. The number of nitrogens with two attached hydrogens (primary N) is 1. The van der Waals surface area contributed by atoms with Gasteiger partial charge in [-0.3, -0.25) is 18.6 Å². The van der Waals surface area contributed by atoms with E-state index in [1.165, 1.54) is 263 Å². The number of carbonyl (C=O) groups is 2. The molecular formula is C62H122NO8P. The van der Waals surface area contributed by atoms with Crippen molar-refractivity contribution in [3.05, 3.63) is 12.2 Å². The Kier molecular flexibility index (Phi) is 58.0. The predicted molar refractivity (Wildman–Crippen MR) is 308 cm³/mol. The second-order valence-electron chi connectivity index (χ2n) is 21.6. The van der Waals surface area contributed by atoms with E-state index in [0.717, 1.165) is 44.9 Å². The molecule has 3 N–H and O–H groups in total. The summed E-state index contributed by atoms with van der Waals surface area (Å²) in [7, 11) is -4.38. The summed E-state index contributed by atoms with van der Waals surface area (Å²) in [4.78, 5) is 35.2. The molecule has 0 fully saturated rings. The van der Waals surface area contributed by atoms with Gasteiger partial charge in [0.05, 0.1) is 13.2 Å². The van der Waals surface area contributed by atoms with Crippen LogP contribution in [0.3, 0.4) is 0 Å². The van der Waals surface area contributed by atoms with Crippen LogP contribution in [0.15, 0.2) is 12.2 Å². The number of ether oxygens (including phenoxy) is 2. The second kappa shape index (κ2) is 59.0. The van der Waals surface area contributed by atoms with Gasteiger partial charge in [0.15, 0.2) is 6.10 Å². The van der Waals surface area contributed by atoms with Crippen molar-refractivity contribution < 1.29 is 37.6 Å². The number of carbonyl (C=O) groups excluding carboxylic acids is 2. The van der Waals surface area contributed by atoms with E-state index in [0.29, 0.717) is 6.42 Å². The number of phosphoric ester groups is 1. The fraction of sp³-hybridized carbons (Fsp3) is 0.935. The maximum absolute atomic E-state index is 12.7. The summed E-state index contributed by atoms with van der Waals surface area (Å²) in [6.45, 7) is 3.80. The first-order chi connectivity index (χ1) is 35.3. The van der Waals surface area contributed by atoms with Gasteiger partial charge in [0.25, 0.3) is 0 Å². The molecular weight excluding hydrogens is 918 g/mol. The van der Waals surface area contributed by atoms with E-state index < -0.39 is 26.5 Å². The van der Waals surface area contributed by atoms with E-state index in [1.54, 1.807) is 0 Å². The standard InChI is InChI=1S/C62H122NO8P/c1-3-5-7-9-11-13-15-17-19-21-22-23-24-25-26-27-28-29-30-31-32-33-34-35-36-37-39-40-42-44-46-48-50-52-54-61(64)68-58-60(59-70-72(66,67)69-57-56-63)71-62(65)55-53-51-49-47-45-43-41-38-20-18-16-14-12-10-8-6-4-2/h18,20,60H,3-17,19,21-59,63H2,1-2H3,(H,66,67)/b20-18-. The van der Waals surface area contributed by atoms with Crippen molar-refractivity contribution in [3.63, 3.8) is 0 Å².